The van der Waals surface area contributed by atoms with Gasteiger partial charge in [0.2, 0.25) is 0 Å². The van der Waals surface area contributed by atoms with Crippen LogP contribution in [0.3, 0.4) is 0 Å². The maximum atomic E-state index is 10.8. The van der Waals surface area contributed by atoms with E-state index in [1.807, 2.05) is 6.92 Å². The van der Waals surface area contributed by atoms with Crippen molar-refractivity contribution in [3.63, 3.8) is 0 Å². The van der Waals surface area contributed by atoms with Crippen LogP contribution in [-0.4, -0.2) is 19.1 Å². The van der Waals surface area contributed by atoms with Gasteiger partial charge in [0, 0.05) is 12.7 Å². The number of ether oxygens (including phenoxy) is 1. The maximum absolute atomic E-state index is 10.8. The van der Waals surface area contributed by atoms with Crippen LogP contribution in [-0.2, 0) is 9.53 Å². The zero-order valence-electron chi connectivity index (χ0n) is 6.89. The molecule has 0 bridgehead atoms. The van der Waals surface area contributed by atoms with Crippen molar-refractivity contribution in [1.29, 1.82) is 0 Å². The molecule has 0 aliphatic carbocycles. The molecule has 64 valence electrons. The molecule has 0 saturated carbocycles. The highest BCUT2D eigenvalue weighted by atomic mass is 16.5. The molecule has 0 aromatic rings. The van der Waals surface area contributed by atoms with Crippen LogP contribution in [0.4, 0.5) is 0 Å². The van der Waals surface area contributed by atoms with Crippen molar-refractivity contribution in [3.8, 4) is 0 Å². The van der Waals surface area contributed by atoms with Gasteiger partial charge in [0.1, 0.15) is 5.70 Å². The van der Waals surface area contributed by atoms with Crippen LogP contribution in [0.15, 0.2) is 11.9 Å². The molecule has 0 aliphatic heterocycles. The Bertz CT molecular complexity index is 155. The van der Waals surface area contributed by atoms with Crippen LogP contribution in [0.1, 0.15) is 13.8 Å². The summed E-state index contributed by atoms with van der Waals surface area (Å²) in [4.78, 5) is 10.8. The first kappa shape index (κ1) is 9.81. The van der Waals surface area contributed by atoms with Gasteiger partial charge in [-0.25, -0.2) is 4.79 Å². The van der Waals surface area contributed by atoms with Crippen molar-refractivity contribution in [2.45, 2.75) is 13.8 Å². The lowest BCUT2D eigenvalue weighted by atomic mass is 10.5. The van der Waals surface area contributed by atoms with Crippen molar-refractivity contribution in [2.75, 3.05) is 13.2 Å². The van der Waals surface area contributed by atoms with Gasteiger partial charge in [-0.05, 0) is 13.8 Å². The molecule has 0 saturated heterocycles. The first-order valence-corrected chi connectivity index (χ1v) is 3.58. The number of nitrogens with one attached hydrogen (secondary N) is 1. The predicted octanol–water partition coefficient (Wildman–Crippen LogP) is -0.0409. The summed E-state index contributed by atoms with van der Waals surface area (Å²) in [5.41, 5.74) is 5.42. The second-order valence-corrected chi connectivity index (χ2v) is 1.88. The fraction of sp³-hybridized carbons (Fsp3) is 0.571. The summed E-state index contributed by atoms with van der Waals surface area (Å²) in [6.07, 6.45) is 1.44. The highest BCUT2D eigenvalue weighted by molar-refractivity contribution is 5.87. The van der Waals surface area contributed by atoms with Crippen molar-refractivity contribution in [3.05, 3.63) is 11.9 Å². The van der Waals surface area contributed by atoms with E-state index in [1.54, 1.807) is 6.92 Å². The summed E-state index contributed by atoms with van der Waals surface area (Å²) in [6.45, 7) is 4.73. The van der Waals surface area contributed by atoms with E-state index < -0.39 is 5.97 Å². The smallest absolute Gasteiger partial charge is 0.355 e. The van der Waals surface area contributed by atoms with Gasteiger partial charge in [0.15, 0.2) is 0 Å². The van der Waals surface area contributed by atoms with E-state index in [2.05, 4.69) is 10.1 Å². The summed E-state index contributed by atoms with van der Waals surface area (Å²) in [6, 6.07) is 0. The van der Waals surface area contributed by atoms with Crippen LogP contribution in [0, 0.1) is 0 Å². The standard InChI is InChI=1S/C7H14N2O2/c1-3-9-5-6(8)7(10)11-4-2/h5,9H,3-4,8H2,1-2H3/b6-5-. The summed E-state index contributed by atoms with van der Waals surface area (Å²) >= 11 is 0. The van der Waals surface area contributed by atoms with Crippen molar-refractivity contribution < 1.29 is 9.53 Å². The summed E-state index contributed by atoms with van der Waals surface area (Å²) < 4.78 is 4.63. The number of esters is 1. The molecule has 0 radical (unpaired) electrons. The second kappa shape index (κ2) is 5.58. The van der Waals surface area contributed by atoms with Gasteiger partial charge in [-0.15, -0.1) is 0 Å². The quantitative estimate of drug-likeness (QED) is 0.445. The minimum absolute atomic E-state index is 0.105. The van der Waals surface area contributed by atoms with Crippen LogP contribution in [0.25, 0.3) is 0 Å². The molecular weight excluding hydrogens is 144 g/mol. The molecule has 0 aromatic carbocycles. The van der Waals surface area contributed by atoms with Gasteiger partial charge in [0.05, 0.1) is 6.61 Å². The molecule has 0 unspecified atom stereocenters. The molecule has 11 heavy (non-hydrogen) atoms. The van der Waals surface area contributed by atoms with E-state index >= 15 is 0 Å². The number of hydrogen-bond acceptors (Lipinski definition) is 4. The van der Waals surface area contributed by atoms with E-state index in [1.165, 1.54) is 6.20 Å². The van der Waals surface area contributed by atoms with Gasteiger partial charge in [-0.1, -0.05) is 0 Å². The molecule has 0 aromatic heterocycles. The van der Waals surface area contributed by atoms with Crippen molar-refractivity contribution in [1.82, 2.24) is 5.32 Å². The highest BCUT2D eigenvalue weighted by Gasteiger charge is 2.03. The molecule has 0 aliphatic rings. The topological polar surface area (TPSA) is 64.3 Å². The number of nitrogens with two attached hydrogens (primary N) is 1. The van der Waals surface area contributed by atoms with Gasteiger partial charge < -0.3 is 15.8 Å². The van der Waals surface area contributed by atoms with Gasteiger partial charge in [-0.2, -0.15) is 0 Å². The highest BCUT2D eigenvalue weighted by Crippen LogP contribution is 1.86. The van der Waals surface area contributed by atoms with Gasteiger partial charge in [-0.3, -0.25) is 0 Å². The van der Waals surface area contributed by atoms with Crippen LogP contribution < -0.4 is 11.1 Å². The molecule has 3 N–H and O–H groups in total. The Hall–Kier alpha value is -1.19. The maximum Gasteiger partial charge on any atom is 0.355 e. The predicted molar refractivity (Wildman–Crippen MR) is 42.6 cm³/mol. The molecule has 0 atom stereocenters. The van der Waals surface area contributed by atoms with Crippen molar-refractivity contribution >= 4 is 5.97 Å². The minimum atomic E-state index is -0.478. The third-order valence-electron chi connectivity index (χ3n) is 0.973. The Morgan fingerprint density at radius 1 is 1.64 bits per heavy atom. The first-order valence-electron chi connectivity index (χ1n) is 3.58. The molecule has 0 heterocycles. The van der Waals surface area contributed by atoms with E-state index in [0.29, 0.717) is 6.61 Å². The SMILES string of the molecule is CCN/C=C(\N)C(=O)OCC. The third kappa shape index (κ3) is 4.25. The molecular formula is C7H14N2O2. The number of hydrogen-bond donors (Lipinski definition) is 2. The monoisotopic (exact) mass is 158 g/mol. The van der Waals surface area contributed by atoms with Crippen LogP contribution in [0.5, 0.6) is 0 Å². The lowest BCUT2D eigenvalue weighted by molar-refractivity contribution is -0.138. The molecule has 4 heteroatoms. The molecule has 4 nitrogen and oxygen atoms in total. The Balaban J connectivity index is 3.80. The van der Waals surface area contributed by atoms with Crippen LogP contribution >= 0.6 is 0 Å². The van der Waals surface area contributed by atoms with Gasteiger partial charge in [0.25, 0.3) is 0 Å². The van der Waals surface area contributed by atoms with E-state index in [-0.39, 0.29) is 5.70 Å². The van der Waals surface area contributed by atoms with E-state index in [9.17, 15) is 4.79 Å². The Kier molecular flexibility index (Phi) is 4.98. The lowest BCUT2D eigenvalue weighted by Crippen LogP contribution is -2.18. The number of rotatable bonds is 4. The fourth-order valence-corrected chi connectivity index (χ4v) is 0.485. The second-order valence-electron chi connectivity index (χ2n) is 1.88. The zero-order chi connectivity index (χ0) is 8.69. The molecule has 0 rings (SSSR count). The lowest BCUT2D eigenvalue weighted by Gasteiger charge is -2.01. The summed E-state index contributed by atoms with van der Waals surface area (Å²) in [5, 5.41) is 2.80. The van der Waals surface area contributed by atoms with E-state index in [0.717, 1.165) is 6.54 Å². The Labute approximate surface area is 66.4 Å². The fourth-order valence-electron chi connectivity index (χ4n) is 0.485. The largest absolute Gasteiger partial charge is 0.461 e. The summed E-state index contributed by atoms with van der Waals surface area (Å²) in [7, 11) is 0. The average Bonchev–Trinajstić information content (AvgIpc) is 2.00. The normalized spacial score (nSPS) is 10.9. The molecule has 0 spiro atoms. The zero-order valence-corrected chi connectivity index (χ0v) is 6.89. The van der Waals surface area contributed by atoms with E-state index in [4.69, 9.17) is 5.73 Å². The van der Waals surface area contributed by atoms with Gasteiger partial charge >= 0.3 is 5.97 Å². The average molecular weight is 158 g/mol. The number of carbonyl (C=O) groups is 1. The van der Waals surface area contributed by atoms with Crippen molar-refractivity contribution in [2.24, 2.45) is 5.73 Å². The first-order chi connectivity index (χ1) is 5.22. The minimum Gasteiger partial charge on any atom is -0.461 e. The summed E-state index contributed by atoms with van der Waals surface area (Å²) in [5.74, 6) is -0.478. The van der Waals surface area contributed by atoms with Crippen LogP contribution in [0.2, 0.25) is 0 Å². The Morgan fingerprint density at radius 3 is 2.73 bits per heavy atom. The molecule has 0 fully saturated rings. The molecule has 0 amide bonds. The third-order valence-corrected chi connectivity index (χ3v) is 0.973. The Morgan fingerprint density at radius 2 is 2.27 bits per heavy atom. The number of carbonyl (C=O) groups excluding carboxylic acids is 1.